The SMILES string of the molecule is Cc1cc(C)c(O)c(Sc2ccccc2)c1O. The second kappa shape index (κ2) is 4.72. The van der Waals surface area contributed by atoms with Crippen LogP contribution in [-0.4, -0.2) is 10.2 Å². The summed E-state index contributed by atoms with van der Waals surface area (Å²) in [6.07, 6.45) is 0. The van der Waals surface area contributed by atoms with E-state index in [1.165, 1.54) is 11.8 Å². The summed E-state index contributed by atoms with van der Waals surface area (Å²) in [6, 6.07) is 11.5. The van der Waals surface area contributed by atoms with Gasteiger partial charge in [0, 0.05) is 4.90 Å². The molecule has 0 saturated carbocycles. The van der Waals surface area contributed by atoms with Gasteiger partial charge in [-0.1, -0.05) is 30.0 Å². The summed E-state index contributed by atoms with van der Waals surface area (Å²) in [5.41, 5.74) is 1.55. The van der Waals surface area contributed by atoms with Gasteiger partial charge in [0.1, 0.15) is 11.5 Å². The molecule has 0 aromatic heterocycles. The first-order chi connectivity index (χ1) is 8.09. The highest BCUT2D eigenvalue weighted by Gasteiger charge is 2.14. The number of phenolic OH excluding ortho intramolecular Hbond substituents is 2. The van der Waals surface area contributed by atoms with Crippen molar-refractivity contribution < 1.29 is 10.2 Å². The molecule has 0 bridgehead atoms. The average molecular weight is 246 g/mol. The van der Waals surface area contributed by atoms with E-state index in [-0.39, 0.29) is 11.5 Å². The minimum absolute atomic E-state index is 0.155. The van der Waals surface area contributed by atoms with Gasteiger partial charge in [0.05, 0.1) is 4.90 Å². The lowest BCUT2D eigenvalue weighted by Gasteiger charge is -2.11. The Morgan fingerprint density at radius 3 is 1.94 bits per heavy atom. The number of hydrogen-bond donors (Lipinski definition) is 2. The molecule has 17 heavy (non-hydrogen) atoms. The van der Waals surface area contributed by atoms with E-state index < -0.39 is 0 Å². The van der Waals surface area contributed by atoms with Crippen LogP contribution in [0.25, 0.3) is 0 Å². The molecule has 0 atom stereocenters. The number of rotatable bonds is 2. The number of aromatic hydroxyl groups is 2. The Bertz CT molecular complexity index is 509. The van der Waals surface area contributed by atoms with E-state index in [0.717, 1.165) is 16.0 Å². The van der Waals surface area contributed by atoms with Crippen LogP contribution in [0.2, 0.25) is 0 Å². The third-order valence-corrected chi connectivity index (χ3v) is 3.67. The maximum Gasteiger partial charge on any atom is 0.136 e. The van der Waals surface area contributed by atoms with Crippen LogP contribution in [0.15, 0.2) is 46.2 Å². The molecule has 2 aromatic rings. The zero-order valence-corrected chi connectivity index (χ0v) is 10.6. The first-order valence-electron chi connectivity index (χ1n) is 5.34. The van der Waals surface area contributed by atoms with E-state index in [4.69, 9.17) is 0 Å². The standard InChI is InChI=1S/C14H14O2S/c1-9-8-10(2)13(16)14(12(9)15)17-11-6-4-3-5-7-11/h3-8,15-16H,1-2H3. The number of aryl methyl sites for hydroxylation is 2. The first-order valence-corrected chi connectivity index (χ1v) is 6.16. The monoisotopic (exact) mass is 246 g/mol. The van der Waals surface area contributed by atoms with Crippen molar-refractivity contribution in [3.8, 4) is 11.5 Å². The van der Waals surface area contributed by atoms with Gasteiger partial charge in [0.2, 0.25) is 0 Å². The van der Waals surface area contributed by atoms with Crippen LogP contribution >= 0.6 is 11.8 Å². The van der Waals surface area contributed by atoms with Crippen molar-refractivity contribution in [3.05, 3.63) is 47.5 Å². The van der Waals surface area contributed by atoms with E-state index in [1.54, 1.807) is 6.07 Å². The van der Waals surface area contributed by atoms with Crippen molar-refractivity contribution in [2.75, 3.05) is 0 Å². The van der Waals surface area contributed by atoms with Crippen molar-refractivity contribution in [3.63, 3.8) is 0 Å². The van der Waals surface area contributed by atoms with Crippen molar-refractivity contribution in [2.24, 2.45) is 0 Å². The fraction of sp³-hybridized carbons (Fsp3) is 0.143. The molecule has 0 heterocycles. The average Bonchev–Trinajstić information content (AvgIpc) is 2.33. The van der Waals surface area contributed by atoms with Crippen LogP contribution in [0.5, 0.6) is 11.5 Å². The van der Waals surface area contributed by atoms with Crippen LogP contribution in [0.1, 0.15) is 11.1 Å². The predicted molar refractivity (Wildman–Crippen MR) is 69.8 cm³/mol. The maximum atomic E-state index is 9.98. The van der Waals surface area contributed by atoms with Gasteiger partial charge in [-0.3, -0.25) is 0 Å². The fourth-order valence-electron chi connectivity index (χ4n) is 1.63. The molecule has 0 aliphatic rings. The van der Waals surface area contributed by atoms with Crippen molar-refractivity contribution in [2.45, 2.75) is 23.6 Å². The van der Waals surface area contributed by atoms with Gasteiger partial charge in [-0.05, 0) is 43.2 Å². The van der Waals surface area contributed by atoms with E-state index in [9.17, 15) is 10.2 Å². The van der Waals surface area contributed by atoms with Gasteiger partial charge in [-0.25, -0.2) is 0 Å². The van der Waals surface area contributed by atoms with Gasteiger partial charge < -0.3 is 10.2 Å². The Balaban J connectivity index is 2.46. The Morgan fingerprint density at radius 2 is 1.41 bits per heavy atom. The highest BCUT2D eigenvalue weighted by Crippen LogP contribution is 2.43. The van der Waals surface area contributed by atoms with E-state index in [2.05, 4.69) is 0 Å². The zero-order chi connectivity index (χ0) is 12.4. The second-order valence-corrected chi connectivity index (χ2v) is 5.04. The highest BCUT2D eigenvalue weighted by atomic mass is 32.2. The van der Waals surface area contributed by atoms with Gasteiger partial charge in [0.25, 0.3) is 0 Å². The third kappa shape index (κ3) is 2.39. The van der Waals surface area contributed by atoms with Crippen molar-refractivity contribution in [1.29, 1.82) is 0 Å². The molecule has 0 aliphatic carbocycles. The molecule has 0 fully saturated rings. The molecule has 0 radical (unpaired) electrons. The van der Waals surface area contributed by atoms with Crippen LogP contribution in [0.4, 0.5) is 0 Å². The molecule has 2 aromatic carbocycles. The van der Waals surface area contributed by atoms with Crippen molar-refractivity contribution >= 4 is 11.8 Å². The number of phenols is 2. The lowest BCUT2D eigenvalue weighted by atomic mass is 10.1. The summed E-state index contributed by atoms with van der Waals surface area (Å²) < 4.78 is 0. The molecule has 0 unspecified atom stereocenters. The molecule has 2 N–H and O–H groups in total. The normalized spacial score (nSPS) is 10.5. The summed E-state index contributed by atoms with van der Waals surface area (Å²) in [4.78, 5) is 1.51. The quantitative estimate of drug-likeness (QED) is 0.845. The molecular formula is C14H14O2S. The summed E-state index contributed by atoms with van der Waals surface area (Å²) >= 11 is 1.37. The summed E-state index contributed by atoms with van der Waals surface area (Å²) in [7, 11) is 0. The number of benzene rings is 2. The van der Waals surface area contributed by atoms with Crippen LogP contribution < -0.4 is 0 Å². The van der Waals surface area contributed by atoms with E-state index >= 15 is 0 Å². The molecule has 0 spiro atoms. The Hall–Kier alpha value is -1.61. The summed E-state index contributed by atoms with van der Waals surface area (Å²) in [5.74, 6) is 0.309. The second-order valence-electron chi connectivity index (χ2n) is 3.95. The van der Waals surface area contributed by atoms with E-state index in [1.807, 2.05) is 44.2 Å². The fourth-order valence-corrected chi connectivity index (χ4v) is 2.68. The molecule has 3 heteroatoms. The minimum Gasteiger partial charge on any atom is -0.506 e. The molecule has 2 nitrogen and oxygen atoms in total. The molecule has 0 aliphatic heterocycles. The minimum atomic E-state index is 0.155. The largest absolute Gasteiger partial charge is 0.506 e. The first kappa shape index (κ1) is 11.9. The van der Waals surface area contributed by atoms with Crippen molar-refractivity contribution in [1.82, 2.24) is 0 Å². The number of hydrogen-bond acceptors (Lipinski definition) is 3. The topological polar surface area (TPSA) is 40.5 Å². The molecule has 0 saturated heterocycles. The lowest BCUT2D eigenvalue weighted by Crippen LogP contribution is -1.85. The van der Waals surface area contributed by atoms with Gasteiger partial charge in [-0.2, -0.15) is 0 Å². The molecule has 88 valence electrons. The Kier molecular flexibility index (Phi) is 3.29. The molecule has 2 rings (SSSR count). The smallest absolute Gasteiger partial charge is 0.136 e. The van der Waals surface area contributed by atoms with Gasteiger partial charge in [0.15, 0.2) is 0 Å². The lowest BCUT2D eigenvalue weighted by molar-refractivity contribution is 0.422. The zero-order valence-electron chi connectivity index (χ0n) is 9.77. The van der Waals surface area contributed by atoms with Gasteiger partial charge in [-0.15, -0.1) is 0 Å². The van der Waals surface area contributed by atoms with Crippen LogP contribution in [0, 0.1) is 13.8 Å². The Morgan fingerprint density at radius 1 is 0.882 bits per heavy atom. The molecular weight excluding hydrogens is 232 g/mol. The van der Waals surface area contributed by atoms with E-state index in [0.29, 0.717) is 4.90 Å². The molecule has 0 amide bonds. The van der Waals surface area contributed by atoms with Crippen LogP contribution in [0.3, 0.4) is 0 Å². The van der Waals surface area contributed by atoms with Gasteiger partial charge >= 0.3 is 0 Å². The summed E-state index contributed by atoms with van der Waals surface area (Å²) in [5, 5.41) is 20.0. The Labute approximate surface area is 105 Å². The maximum absolute atomic E-state index is 9.98. The summed E-state index contributed by atoms with van der Waals surface area (Å²) in [6.45, 7) is 3.66. The predicted octanol–water partition coefficient (Wildman–Crippen LogP) is 3.87. The third-order valence-electron chi connectivity index (χ3n) is 2.57. The highest BCUT2D eigenvalue weighted by molar-refractivity contribution is 7.99. The van der Waals surface area contributed by atoms with Crippen LogP contribution in [-0.2, 0) is 0 Å².